The molecule has 0 N–H and O–H groups in total. The first-order chi connectivity index (χ1) is 11.9. The van der Waals surface area contributed by atoms with E-state index in [9.17, 15) is 0 Å². The molecule has 128 valence electrons. The van der Waals surface area contributed by atoms with E-state index >= 15 is 0 Å². The van der Waals surface area contributed by atoms with E-state index in [1.165, 1.54) is 11.1 Å². The van der Waals surface area contributed by atoms with Crippen LogP contribution in [0.15, 0.2) is 36.7 Å². The summed E-state index contributed by atoms with van der Waals surface area (Å²) in [6.45, 7) is 5.85. The molecule has 0 spiro atoms. The Labute approximate surface area is 149 Å². The second-order valence-corrected chi connectivity index (χ2v) is 5.85. The zero-order valence-corrected chi connectivity index (χ0v) is 15.0. The highest BCUT2D eigenvalue weighted by Gasteiger charge is 2.19. The number of piperazine rings is 1. The fraction of sp³-hybridized carbons (Fsp3) is 0.444. The summed E-state index contributed by atoms with van der Waals surface area (Å²) in [5, 5.41) is 0. The summed E-state index contributed by atoms with van der Waals surface area (Å²) in [5.74, 6) is 1.92. The molecule has 0 saturated carbocycles. The Hall–Kier alpha value is -1.79. The number of hydrogen-bond acceptors (Lipinski definition) is 6. The van der Waals surface area contributed by atoms with Gasteiger partial charge in [-0.15, -0.1) is 0 Å². The molecule has 3 heterocycles. The highest BCUT2D eigenvalue weighted by molar-refractivity contribution is 7.79. The minimum atomic E-state index is 0.828. The van der Waals surface area contributed by atoms with Crippen LogP contribution in [0.1, 0.15) is 11.1 Å². The van der Waals surface area contributed by atoms with Crippen LogP contribution >= 0.6 is 12.6 Å². The lowest BCUT2D eigenvalue weighted by Gasteiger charge is -2.34. The quantitative estimate of drug-likeness (QED) is 0.865. The average molecular weight is 344 g/mol. The van der Waals surface area contributed by atoms with Crippen LogP contribution in [0, 0.1) is 0 Å². The van der Waals surface area contributed by atoms with Crippen molar-refractivity contribution in [1.82, 2.24) is 14.9 Å². The Morgan fingerprint density at radius 2 is 1.83 bits per heavy atom. The number of hydrogen-bond donors (Lipinski definition) is 1. The first-order valence-corrected chi connectivity index (χ1v) is 9.21. The summed E-state index contributed by atoms with van der Waals surface area (Å²) >= 11 is 3.53. The van der Waals surface area contributed by atoms with Gasteiger partial charge < -0.3 is 9.64 Å². The molecule has 6 heteroatoms. The van der Waals surface area contributed by atoms with Gasteiger partial charge in [0.15, 0.2) is 0 Å². The number of nitrogens with zero attached hydrogens (tertiary/aromatic N) is 4. The first kappa shape index (κ1) is 17.0. The maximum Gasteiger partial charge on any atom is 0.225 e. The third-order valence-electron chi connectivity index (χ3n) is 4.37. The molecule has 4 rings (SSSR count). The monoisotopic (exact) mass is 344 g/mol. The highest BCUT2D eigenvalue weighted by Crippen LogP contribution is 2.26. The van der Waals surface area contributed by atoms with Crippen molar-refractivity contribution in [1.29, 1.82) is 0 Å². The zero-order chi connectivity index (χ0) is 16.8. The molecular formula is C18H24N4OS. The molecule has 0 bridgehead atoms. The molecule has 0 unspecified atom stereocenters. The van der Waals surface area contributed by atoms with Crippen molar-refractivity contribution < 1.29 is 4.74 Å². The van der Waals surface area contributed by atoms with Gasteiger partial charge in [-0.1, -0.05) is 12.1 Å². The standard InChI is InChI=1S/C17H20N4O.CH4S/c1-5-18-17(19-6-1)21-9-7-20(8-10-21)13-14-2-3-15-4-11-22-16(15)12-14;1-2/h1-3,5-6,12H,4,7-11,13H2;2H,1H3. The normalized spacial score (nSPS) is 16.8. The summed E-state index contributed by atoms with van der Waals surface area (Å²) in [6.07, 6.45) is 6.35. The number of rotatable bonds is 3. The number of fused-ring (bicyclic) bond motifs is 1. The molecular weight excluding hydrogens is 320 g/mol. The van der Waals surface area contributed by atoms with Gasteiger partial charge in [0, 0.05) is 51.5 Å². The van der Waals surface area contributed by atoms with Crippen LogP contribution in [0.3, 0.4) is 0 Å². The van der Waals surface area contributed by atoms with E-state index in [0.29, 0.717) is 0 Å². The van der Waals surface area contributed by atoms with Gasteiger partial charge in [0.2, 0.25) is 5.95 Å². The smallest absolute Gasteiger partial charge is 0.225 e. The third-order valence-corrected chi connectivity index (χ3v) is 4.37. The molecule has 0 aliphatic carbocycles. The maximum atomic E-state index is 5.66. The van der Waals surface area contributed by atoms with Crippen LogP contribution in [-0.4, -0.2) is 53.9 Å². The van der Waals surface area contributed by atoms with E-state index in [1.54, 1.807) is 18.6 Å². The van der Waals surface area contributed by atoms with Gasteiger partial charge in [-0.3, -0.25) is 4.90 Å². The van der Waals surface area contributed by atoms with Crippen molar-refractivity contribution in [2.45, 2.75) is 13.0 Å². The van der Waals surface area contributed by atoms with Gasteiger partial charge in [-0.25, -0.2) is 9.97 Å². The van der Waals surface area contributed by atoms with Crippen molar-refractivity contribution in [3.8, 4) is 5.75 Å². The molecule has 2 aliphatic rings. The fourth-order valence-electron chi connectivity index (χ4n) is 3.13. The lowest BCUT2D eigenvalue weighted by molar-refractivity contribution is 0.248. The molecule has 0 atom stereocenters. The van der Waals surface area contributed by atoms with Crippen molar-refractivity contribution in [2.75, 3.05) is 43.9 Å². The summed E-state index contributed by atoms with van der Waals surface area (Å²) in [4.78, 5) is 13.4. The van der Waals surface area contributed by atoms with Crippen LogP contribution in [0.2, 0.25) is 0 Å². The van der Waals surface area contributed by atoms with Crippen LogP contribution in [-0.2, 0) is 13.0 Å². The highest BCUT2D eigenvalue weighted by atomic mass is 32.1. The molecule has 1 aromatic carbocycles. The lowest BCUT2D eigenvalue weighted by atomic mass is 10.1. The molecule has 1 aromatic heterocycles. The average Bonchev–Trinajstić information content (AvgIpc) is 3.13. The zero-order valence-electron chi connectivity index (χ0n) is 14.1. The van der Waals surface area contributed by atoms with Gasteiger partial charge >= 0.3 is 0 Å². The van der Waals surface area contributed by atoms with E-state index in [-0.39, 0.29) is 0 Å². The molecule has 24 heavy (non-hydrogen) atoms. The number of thiol groups is 1. The second kappa shape index (κ2) is 8.35. The van der Waals surface area contributed by atoms with Gasteiger partial charge in [-0.2, -0.15) is 12.6 Å². The number of aromatic nitrogens is 2. The van der Waals surface area contributed by atoms with E-state index < -0.39 is 0 Å². The summed E-state index contributed by atoms with van der Waals surface area (Å²) < 4.78 is 5.66. The largest absolute Gasteiger partial charge is 0.493 e. The molecule has 2 aromatic rings. The van der Waals surface area contributed by atoms with Gasteiger partial charge in [0.05, 0.1) is 6.61 Å². The van der Waals surface area contributed by atoms with Crippen LogP contribution in [0.4, 0.5) is 5.95 Å². The summed E-state index contributed by atoms with van der Waals surface area (Å²) in [7, 11) is 0. The summed E-state index contributed by atoms with van der Waals surface area (Å²) in [6, 6.07) is 8.51. The Balaban J connectivity index is 0.000000815. The first-order valence-electron chi connectivity index (χ1n) is 8.32. The molecule has 2 aliphatic heterocycles. The minimum absolute atomic E-state index is 0.828. The molecule has 0 radical (unpaired) electrons. The molecule has 5 nitrogen and oxygen atoms in total. The summed E-state index contributed by atoms with van der Waals surface area (Å²) in [5.41, 5.74) is 2.68. The molecule has 1 fully saturated rings. The van der Waals surface area contributed by atoms with Crippen LogP contribution in [0.5, 0.6) is 5.75 Å². The predicted octanol–water partition coefficient (Wildman–Crippen LogP) is 2.28. The van der Waals surface area contributed by atoms with Gasteiger partial charge in [0.1, 0.15) is 5.75 Å². The van der Waals surface area contributed by atoms with Crippen molar-refractivity contribution in [3.05, 3.63) is 47.8 Å². The molecule has 0 amide bonds. The molecule has 1 saturated heterocycles. The number of benzene rings is 1. The van der Waals surface area contributed by atoms with E-state index in [4.69, 9.17) is 4.74 Å². The van der Waals surface area contributed by atoms with E-state index in [1.807, 2.05) is 6.07 Å². The second-order valence-electron chi connectivity index (χ2n) is 5.85. The Kier molecular flexibility index (Phi) is 5.93. The Bertz CT molecular complexity index is 645. The maximum absolute atomic E-state index is 5.66. The van der Waals surface area contributed by atoms with E-state index in [0.717, 1.165) is 57.4 Å². The number of anilines is 1. The van der Waals surface area contributed by atoms with E-state index in [2.05, 4.69) is 50.6 Å². The number of ether oxygens (including phenoxy) is 1. The van der Waals surface area contributed by atoms with Crippen molar-refractivity contribution >= 4 is 18.6 Å². The Morgan fingerprint density at radius 1 is 1.08 bits per heavy atom. The van der Waals surface area contributed by atoms with Crippen molar-refractivity contribution in [2.24, 2.45) is 0 Å². The van der Waals surface area contributed by atoms with Gasteiger partial charge in [0.25, 0.3) is 0 Å². The SMILES string of the molecule is CS.c1cnc(N2CCN(Cc3ccc4c(c3)OCC4)CC2)nc1. The lowest BCUT2D eigenvalue weighted by Crippen LogP contribution is -2.46. The predicted molar refractivity (Wildman–Crippen MR) is 100 cm³/mol. The third kappa shape index (κ3) is 3.99. The fourth-order valence-corrected chi connectivity index (χ4v) is 3.13. The Morgan fingerprint density at radius 3 is 2.58 bits per heavy atom. The topological polar surface area (TPSA) is 41.5 Å². The van der Waals surface area contributed by atoms with Crippen LogP contribution < -0.4 is 9.64 Å². The van der Waals surface area contributed by atoms with Crippen molar-refractivity contribution in [3.63, 3.8) is 0 Å². The van der Waals surface area contributed by atoms with Crippen LogP contribution in [0.25, 0.3) is 0 Å². The van der Waals surface area contributed by atoms with Gasteiger partial charge in [-0.05, 0) is 29.5 Å². The minimum Gasteiger partial charge on any atom is -0.493 e.